The van der Waals surface area contributed by atoms with Crippen molar-refractivity contribution in [3.63, 3.8) is 0 Å². The van der Waals surface area contributed by atoms with E-state index in [9.17, 15) is 19.6 Å². The normalized spacial score (nSPS) is 40.9. The van der Waals surface area contributed by atoms with Gasteiger partial charge in [0, 0.05) is 19.3 Å². The molecule has 170 valence electrons. The molecule has 4 rings (SSSR count). The van der Waals surface area contributed by atoms with Crippen molar-refractivity contribution in [2.24, 2.45) is 17.3 Å². The van der Waals surface area contributed by atoms with E-state index in [1.54, 1.807) is 19.9 Å². The summed E-state index contributed by atoms with van der Waals surface area (Å²) in [6, 6.07) is 2.12. The van der Waals surface area contributed by atoms with Gasteiger partial charge in [0.2, 0.25) is 5.60 Å². The number of hydrogen-bond donors (Lipinski definition) is 0. The topological polar surface area (TPSA) is 121 Å². The average molecular weight is 443 g/mol. The summed E-state index contributed by atoms with van der Waals surface area (Å²) in [5, 5.41) is 10.2. The largest absolute Gasteiger partial charge is 0.468 e. The Balaban J connectivity index is 1.97. The minimum atomic E-state index is -1.70. The van der Waals surface area contributed by atoms with Crippen molar-refractivity contribution in [2.75, 3.05) is 14.2 Å². The second-order valence-corrected chi connectivity index (χ2v) is 8.87. The van der Waals surface area contributed by atoms with Crippen molar-refractivity contribution >= 4 is 17.9 Å². The zero-order valence-electron chi connectivity index (χ0n) is 18.6. The van der Waals surface area contributed by atoms with Crippen molar-refractivity contribution in [3.05, 3.63) is 35.8 Å². The van der Waals surface area contributed by atoms with Gasteiger partial charge in [0.25, 0.3) is 0 Å². The van der Waals surface area contributed by atoms with Gasteiger partial charge in [-0.1, -0.05) is 6.08 Å². The number of nitrogens with zero attached hydrogens (tertiary/aromatic N) is 1. The summed E-state index contributed by atoms with van der Waals surface area (Å²) in [4.78, 5) is 37.9. The van der Waals surface area contributed by atoms with Gasteiger partial charge in [-0.05, 0) is 26.3 Å². The van der Waals surface area contributed by atoms with Crippen LogP contribution in [-0.4, -0.2) is 48.9 Å². The van der Waals surface area contributed by atoms with Gasteiger partial charge in [0.05, 0.1) is 31.3 Å². The van der Waals surface area contributed by atoms with Crippen LogP contribution in [0.4, 0.5) is 0 Å². The van der Waals surface area contributed by atoms with E-state index in [2.05, 4.69) is 12.6 Å². The molecule has 0 amide bonds. The highest BCUT2D eigenvalue weighted by Crippen LogP contribution is 2.73. The third kappa shape index (κ3) is 2.28. The van der Waals surface area contributed by atoms with Gasteiger partial charge in [-0.15, -0.1) is 6.58 Å². The Labute approximate surface area is 185 Å². The van der Waals surface area contributed by atoms with Crippen LogP contribution in [0.25, 0.3) is 0 Å². The van der Waals surface area contributed by atoms with Crippen LogP contribution in [0.2, 0.25) is 0 Å². The first kappa shape index (κ1) is 22.1. The molecule has 4 aliphatic rings. The summed E-state index contributed by atoms with van der Waals surface area (Å²) in [5.41, 5.74) is -5.46. The fraction of sp³-hybridized carbons (Fsp3) is 0.565. The summed E-state index contributed by atoms with van der Waals surface area (Å²) in [5.74, 6) is -2.27. The van der Waals surface area contributed by atoms with Gasteiger partial charge in [-0.25, -0.2) is 4.79 Å². The Morgan fingerprint density at radius 3 is 2.53 bits per heavy atom. The van der Waals surface area contributed by atoms with Gasteiger partial charge in [-0.2, -0.15) is 5.26 Å². The quantitative estimate of drug-likeness (QED) is 0.365. The number of ether oxygens (including phenoxy) is 5. The molecule has 3 aliphatic heterocycles. The van der Waals surface area contributed by atoms with Crippen LogP contribution in [0, 0.1) is 28.6 Å². The summed E-state index contributed by atoms with van der Waals surface area (Å²) >= 11 is 0. The molecule has 2 fully saturated rings. The van der Waals surface area contributed by atoms with Crippen LogP contribution >= 0.6 is 0 Å². The molecule has 2 bridgehead atoms. The lowest BCUT2D eigenvalue weighted by atomic mass is 9.48. The predicted molar refractivity (Wildman–Crippen MR) is 107 cm³/mol. The minimum absolute atomic E-state index is 0.0687. The first-order valence-corrected chi connectivity index (χ1v) is 10.2. The van der Waals surface area contributed by atoms with Crippen LogP contribution in [0.5, 0.6) is 0 Å². The van der Waals surface area contributed by atoms with Crippen LogP contribution in [0.3, 0.4) is 0 Å². The predicted octanol–water partition coefficient (Wildman–Crippen LogP) is 2.09. The highest BCUT2D eigenvalue weighted by Gasteiger charge is 2.85. The SMILES string of the molecule is C=C[C@]12O[C@](C)(C[C@@]1(C#N)OC(C)=O)[C@@]1(C(=O)OC)CC3C(=C[C@@H]21)OC(C)=C3C(=O)OC. The third-order valence-corrected chi connectivity index (χ3v) is 7.50. The molecule has 0 saturated carbocycles. The van der Waals surface area contributed by atoms with Gasteiger partial charge < -0.3 is 23.7 Å². The first-order valence-electron chi connectivity index (χ1n) is 10.2. The maximum absolute atomic E-state index is 13.4. The number of allylic oxidation sites excluding steroid dienone is 2. The number of carbonyl (C=O) groups excluding carboxylic acids is 3. The van der Waals surface area contributed by atoms with E-state index >= 15 is 0 Å². The Morgan fingerprint density at radius 1 is 1.31 bits per heavy atom. The van der Waals surface area contributed by atoms with Gasteiger partial charge >= 0.3 is 17.9 Å². The number of hydrogen-bond acceptors (Lipinski definition) is 9. The molecule has 0 radical (unpaired) electrons. The lowest BCUT2D eigenvalue weighted by Crippen LogP contribution is -2.65. The Kier molecular flexibility index (Phi) is 4.62. The molecule has 9 nitrogen and oxygen atoms in total. The van der Waals surface area contributed by atoms with Crippen LogP contribution in [0.15, 0.2) is 35.8 Å². The highest BCUT2D eigenvalue weighted by molar-refractivity contribution is 5.92. The molecule has 6 atom stereocenters. The Morgan fingerprint density at radius 2 is 2.00 bits per heavy atom. The molecule has 32 heavy (non-hydrogen) atoms. The standard InChI is InChI=1S/C23H25NO8/c1-7-23-16-8-15-14(17(12(2)30-15)18(26)28-5)9-22(16,19(27)29-6)20(4,32-23)10-21(23,11-24)31-13(3)25/h7-8,14,16H,1,9-10H2,2-6H3/t14?,16-,20-,21+,22+,23-/m1/s1. The monoisotopic (exact) mass is 443 g/mol. The number of esters is 3. The van der Waals surface area contributed by atoms with Gasteiger partial charge in [-0.3, -0.25) is 9.59 Å². The smallest absolute Gasteiger partial charge is 0.337 e. The molecule has 2 saturated heterocycles. The maximum Gasteiger partial charge on any atom is 0.337 e. The molecule has 0 aromatic rings. The Hall–Kier alpha value is -3.12. The number of carbonyl (C=O) groups is 3. The number of methoxy groups -OCH3 is 2. The fourth-order valence-electron chi connectivity index (χ4n) is 6.35. The van der Waals surface area contributed by atoms with Crippen molar-refractivity contribution < 1.29 is 38.1 Å². The molecule has 9 heteroatoms. The fourth-order valence-corrected chi connectivity index (χ4v) is 6.35. The lowest BCUT2D eigenvalue weighted by Gasteiger charge is -2.52. The molecular formula is C23H25NO8. The minimum Gasteiger partial charge on any atom is -0.468 e. The summed E-state index contributed by atoms with van der Waals surface area (Å²) in [6.07, 6.45) is 3.17. The zero-order chi connectivity index (χ0) is 23.7. The maximum atomic E-state index is 13.4. The highest BCUT2D eigenvalue weighted by atomic mass is 16.6. The van der Waals surface area contributed by atoms with Crippen LogP contribution in [0.1, 0.15) is 33.6 Å². The van der Waals surface area contributed by atoms with Crippen molar-refractivity contribution in [2.45, 2.75) is 50.4 Å². The summed E-state index contributed by atoms with van der Waals surface area (Å²) in [6.45, 7) is 8.45. The average Bonchev–Trinajstić information content (AvgIpc) is 3.29. The van der Waals surface area contributed by atoms with E-state index < -0.39 is 52.0 Å². The van der Waals surface area contributed by atoms with E-state index in [0.717, 1.165) is 0 Å². The molecule has 0 aromatic heterocycles. The van der Waals surface area contributed by atoms with Crippen molar-refractivity contribution in [1.29, 1.82) is 5.26 Å². The van der Waals surface area contributed by atoms with E-state index in [4.69, 9.17) is 23.7 Å². The van der Waals surface area contributed by atoms with Crippen LogP contribution < -0.4 is 0 Å². The van der Waals surface area contributed by atoms with E-state index in [1.807, 2.05) is 0 Å². The third-order valence-electron chi connectivity index (χ3n) is 7.50. The second-order valence-electron chi connectivity index (χ2n) is 8.87. The van der Waals surface area contributed by atoms with Crippen molar-refractivity contribution in [3.8, 4) is 6.07 Å². The van der Waals surface area contributed by atoms with Gasteiger partial charge in [0.1, 0.15) is 28.6 Å². The second kappa shape index (κ2) is 6.69. The molecule has 0 aromatic carbocycles. The van der Waals surface area contributed by atoms with Crippen LogP contribution in [-0.2, 0) is 38.1 Å². The molecule has 3 heterocycles. The van der Waals surface area contributed by atoms with E-state index in [1.165, 1.54) is 27.2 Å². The summed E-state index contributed by atoms with van der Waals surface area (Å²) in [7, 11) is 2.56. The van der Waals surface area contributed by atoms with Crippen molar-refractivity contribution in [1.82, 2.24) is 0 Å². The molecule has 0 spiro atoms. The van der Waals surface area contributed by atoms with Gasteiger partial charge in [0.15, 0.2) is 0 Å². The number of nitriles is 1. The van der Waals surface area contributed by atoms with E-state index in [-0.39, 0.29) is 12.8 Å². The molecule has 1 aliphatic carbocycles. The van der Waals surface area contributed by atoms with E-state index in [0.29, 0.717) is 17.1 Å². The zero-order valence-corrected chi connectivity index (χ0v) is 18.6. The molecule has 1 unspecified atom stereocenters. The summed E-state index contributed by atoms with van der Waals surface area (Å²) < 4.78 is 28.1. The first-order chi connectivity index (χ1) is 15.0. The molecular weight excluding hydrogens is 418 g/mol. The Bertz CT molecular complexity index is 1050. The number of rotatable bonds is 4. The number of fused-ring (bicyclic) bond motifs is 6. The lowest BCUT2D eigenvalue weighted by molar-refractivity contribution is -0.173. The molecule has 0 N–H and O–H groups in total.